The third-order valence-electron chi connectivity index (χ3n) is 6.57. The highest BCUT2D eigenvalue weighted by molar-refractivity contribution is 9.10. The van der Waals surface area contributed by atoms with E-state index in [1.807, 2.05) is 115 Å². The van der Waals surface area contributed by atoms with Crippen molar-refractivity contribution in [3.8, 4) is 0 Å². The van der Waals surface area contributed by atoms with Crippen LogP contribution in [0.15, 0.2) is 135 Å². The first kappa shape index (κ1) is 23.6. The Balaban J connectivity index is 1.61. The van der Waals surface area contributed by atoms with Crippen molar-refractivity contribution in [1.29, 1.82) is 0 Å². The smallest absolute Gasteiger partial charge is 0.276 e. The number of carbonyl (C=O) groups is 2. The molecule has 37 heavy (non-hydrogen) atoms. The second-order valence-corrected chi connectivity index (χ2v) is 10.6. The predicted octanol–water partition coefficient (Wildman–Crippen LogP) is 7.68. The Morgan fingerprint density at radius 1 is 0.622 bits per heavy atom. The zero-order chi connectivity index (χ0) is 25.5. The minimum atomic E-state index is -0.461. The number of amides is 2. The molecule has 180 valence electrons. The predicted molar refractivity (Wildman–Crippen MR) is 154 cm³/mol. The number of anilines is 2. The van der Waals surface area contributed by atoms with Crippen LogP contribution in [0.25, 0.3) is 6.08 Å². The van der Waals surface area contributed by atoms with E-state index in [-0.39, 0.29) is 11.8 Å². The Labute approximate surface area is 231 Å². The molecule has 0 aliphatic carbocycles. The van der Waals surface area contributed by atoms with Gasteiger partial charge < -0.3 is 0 Å². The third-order valence-corrected chi connectivity index (χ3v) is 7.63. The maximum absolute atomic E-state index is 14.2. The molecule has 0 radical (unpaired) electrons. The summed E-state index contributed by atoms with van der Waals surface area (Å²) >= 11 is 7.01. The van der Waals surface area contributed by atoms with Gasteiger partial charge in [0.05, 0.1) is 6.04 Å². The molecule has 1 unspecified atom stereocenters. The van der Waals surface area contributed by atoms with Gasteiger partial charge in [0.1, 0.15) is 5.70 Å². The summed E-state index contributed by atoms with van der Waals surface area (Å²) in [4.78, 5) is 31.6. The highest BCUT2D eigenvalue weighted by atomic mass is 79.9. The first-order chi connectivity index (χ1) is 18.0. The molecule has 0 spiro atoms. The van der Waals surface area contributed by atoms with E-state index < -0.39 is 6.04 Å². The van der Waals surface area contributed by atoms with E-state index in [1.165, 1.54) is 0 Å². The van der Waals surface area contributed by atoms with Crippen LogP contribution in [0.4, 0.5) is 11.4 Å². The summed E-state index contributed by atoms with van der Waals surface area (Å²) in [6.45, 7) is 0. The molecular weight excluding hydrogens is 592 g/mol. The Bertz CT molecular complexity index is 1560. The number of hydrogen-bond donors (Lipinski definition) is 0. The number of rotatable bonds is 4. The molecule has 2 amide bonds. The van der Waals surface area contributed by atoms with Crippen LogP contribution >= 0.6 is 31.9 Å². The molecule has 0 saturated carbocycles. The Morgan fingerprint density at radius 2 is 1.16 bits per heavy atom. The van der Waals surface area contributed by atoms with Gasteiger partial charge in [0.25, 0.3) is 11.8 Å². The van der Waals surface area contributed by atoms with Gasteiger partial charge in [-0.15, -0.1) is 0 Å². The highest BCUT2D eigenvalue weighted by Gasteiger charge is 2.52. The van der Waals surface area contributed by atoms with Crippen LogP contribution in [0.5, 0.6) is 0 Å². The van der Waals surface area contributed by atoms with Crippen molar-refractivity contribution < 1.29 is 9.59 Å². The quantitative estimate of drug-likeness (QED) is 0.222. The van der Waals surface area contributed by atoms with Gasteiger partial charge >= 0.3 is 0 Å². The van der Waals surface area contributed by atoms with Crippen LogP contribution in [-0.2, 0) is 9.59 Å². The van der Waals surface area contributed by atoms with Gasteiger partial charge in [0.2, 0.25) is 0 Å². The van der Waals surface area contributed by atoms with Crippen molar-refractivity contribution in [3.63, 3.8) is 0 Å². The molecule has 2 heterocycles. The fraction of sp³-hybridized carbons (Fsp3) is 0.0323. The van der Waals surface area contributed by atoms with E-state index >= 15 is 0 Å². The summed E-state index contributed by atoms with van der Waals surface area (Å²) < 4.78 is 1.90. The van der Waals surface area contributed by atoms with Crippen molar-refractivity contribution in [2.45, 2.75) is 6.04 Å². The molecule has 0 bridgehead atoms. The molecule has 0 aromatic heterocycles. The normalized spacial score (nSPS) is 18.2. The minimum Gasteiger partial charge on any atom is -0.295 e. The third kappa shape index (κ3) is 4.16. The fourth-order valence-corrected chi connectivity index (χ4v) is 5.47. The Kier molecular flexibility index (Phi) is 6.14. The number of carbonyl (C=O) groups excluding carboxylic acids is 2. The van der Waals surface area contributed by atoms with E-state index in [9.17, 15) is 9.59 Å². The summed E-state index contributed by atoms with van der Waals surface area (Å²) in [5, 5.41) is 0. The molecule has 0 fully saturated rings. The maximum Gasteiger partial charge on any atom is 0.276 e. The molecule has 4 aromatic rings. The molecular formula is C31H20Br2N2O2. The van der Waals surface area contributed by atoms with E-state index in [4.69, 9.17) is 0 Å². The Hall–Kier alpha value is -3.74. The van der Waals surface area contributed by atoms with Gasteiger partial charge in [-0.05, 0) is 65.7 Å². The summed E-state index contributed by atoms with van der Waals surface area (Å²) in [5.41, 5.74) is 4.88. The van der Waals surface area contributed by atoms with Gasteiger partial charge in [0.15, 0.2) is 0 Å². The van der Waals surface area contributed by atoms with Crippen LogP contribution in [0.1, 0.15) is 17.2 Å². The highest BCUT2D eigenvalue weighted by Crippen LogP contribution is 2.50. The van der Waals surface area contributed by atoms with Gasteiger partial charge in [-0.2, -0.15) is 0 Å². The SMILES string of the molecule is O=C1C(=Cc2ccc(Br)cc2)C2=C(C(=O)N(c3ccccc3)C2c2ccc(Br)cc2)N1c1ccccc1. The molecule has 2 aliphatic heterocycles. The number of nitrogens with zero attached hydrogens (tertiary/aromatic N) is 2. The van der Waals surface area contributed by atoms with Crippen LogP contribution in [-0.4, -0.2) is 11.8 Å². The van der Waals surface area contributed by atoms with Gasteiger partial charge in [-0.3, -0.25) is 19.4 Å². The summed E-state index contributed by atoms with van der Waals surface area (Å²) in [6, 6.07) is 34.3. The first-order valence-corrected chi connectivity index (χ1v) is 13.4. The largest absolute Gasteiger partial charge is 0.295 e. The molecule has 4 nitrogen and oxygen atoms in total. The molecule has 1 atom stereocenters. The van der Waals surface area contributed by atoms with Crippen molar-refractivity contribution in [2.24, 2.45) is 0 Å². The second-order valence-electron chi connectivity index (χ2n) is 8.81. The monoisotopic (exact) mass is 610 g/mol. The summed E-state index contributed by atoms with van der Waals surface area (Å²) in [5.74, 6) is -0.409. The van der Waals surface area contributed by atoms with E-state index in [1.54, 1.807) is 9.80 Å². The molecule has 6 rings (SSSR count). The second kappa shape index (κ2) is 9.61. The van der Waals surface area contributed by atoms with Gasteiger partial charge in [-0.1, -0.05) is 92.5 Å². The summed E-state index contributed by atoms with van der Waals surface area (Å²) in [6.07, 6.45) is 1.89. The maximum atomic E-state index is 14.2. The number of benzene rings is 4. The van der Waals surface area contributed by atoms with Crippen molar-refractivity contribution >= 4 is 61.1 Å². The van der Waals surface area contributed by atoms with Crippen LogP contribution < -0.4 is 9.80 Å². The van der Waals surface area contributed by atoms with Gasteiger partial charge in [-0.25, -0.2) is 0 Å². The molecule has 0 saturated heterocycles. The van der Waals surface area contributed by atoms with Crippen molar-refractivity contribution in [2.75, 3.05) is 9.80 Å². The van der Waals surface area contributed by atoms with E-state index in [2.05, 4.69) is 31.9 Å². The lowest BCUT2D eigenvalue weighted by atomic mass is 9.93. The lowest BCUT2D eigenvalue weighted by Gasteiger charge is -2.30. The number of para-hydroxylation sites is 2. The average Bonchev–Trinajstić information content (AvgIpc) is 3.37. The van der Waals surface area contributed by atoms with Crippen molar-refractivity contribution in [1.82, 2.24) is 0 Å². The number of hydrogen-bond acceptors (Lipinski definition) is 2. The fourth-order valence-electron chi connectivity index (χ4n) is 4.94. The summed E-state index contributed by atoms with van der Waals surface area (Å²) in [7, 11) is 0. The molecule has 0 N–H and O–H groups in total. The van der Waals surface area contributed by atoms with Crippen LogP contribution in [0, 0.1) is 0 Å². The van der Waals surface area contributed by atoms with Gasteiger partial charge in [0, 0.05) is 31.5 Å². The number of halogens is 2. The van der Waals surface area contributed by atoms with E-state index in [0.29, 0.717) is 22.5 Å². The Morgan fingerprint density at radius 3 is 1.76 bits per heavy atom. The lowest BCUT2D eigenvalue weighted by Crippen LogP contribution is -2.38. The standard InChI is InChI=1S/C31H20Br2N2O2/c32-22-15-11-20(12-16-22)19-26-27-28(21-13-17-23(33)18-14-21)34(24-7-3-1-4-8-24)31(37)29(27)35(30(26)36)25-9-5-2-6-10-25/h1-19,28H. The minimum absolute atomic E-state index is 0.203. The van der Waals surface area contributed by atoms with E-state index in [0.717, 1.165) is 25.8 Å². The molecule has 4 aromatic carbocycles. The zero-order valence-electron chi connectivity index (χ0n) is 19.5. The molecule has 6 heteroatoms. The zero-order valence-corrected chi connectivity index (χ0v) is 22.7. The first-order valence-electron chi connectivity index (χ1n) is 11.8. The topological polar surface area (TPSA) is 40.6 Å². The lowest BCUT2D eigenvalue weighted by molar-refractivity contribution is -0.118. The molecule has 2 aliphatic rings. The van der Waals surface area contributed by atoms with Crippen LogP contribution in [0.3, 0.4) is 0 Å². The van der Waals surface area contributed by atoms with Crippen LogP contribution in [0.2, 0.25) is 0 Å². The average molecular weight is 612 g/mol. The van der Waals surface area contributed by atoms with Crippen molar-refractivity contribution in [3.05, 3.63) is 146 Å².